The van der Waals surface area contributed by atoms with Crippen molar-refractivity contribution >= 4 is 12.0 Å². The lowest BCUT2D eigenvalue weighted by molar-refractivity contribution is -0.118. The molecule has 0 bridgehead atoms. The van der Waals surface area contributed by atoms with E-state index in [0.29, 0.717) is 6.54 Å². The predicted molar refractivity (Wildman–Crippen MR) is 83.1 cm³/mol. The predicted octanol–water partition coefficient (Wildman–Crippen LogP) is 2.52. The molecule has 1 fully saturated rings. The zero-order chi connectivity index (χ0) is 15.3. The van der Waals surface area contributed by atoms with E-state index >= 15 is 0 Å². The topological polar surface area (TPSA) is 58.6 Å². The van der Waals surface area contributed by atoms with E-state index in [1.165, 1.54) is 6.08 Å². The van der Waals surface area contributed by atoms with Crippen LogP contribution in [0.1, 0.15) is 38.7 Å². The number of nitrogens with one attached hydrogen (secondary N) is 1. The average Bonchev–Trinajstić information content (AvgIpc) is 2.41. The minimum absolute atomic E-state index is 0.148. The number of ether oxygens (including phenoxy) is 1. The number of amides is 1. The van der Waals surface area contributed by atoms with Crippen molar-refractivity contribution in [1.29, 1.82) is 0 Å². The summed E-state index contributed by atoms with van der Waals surface area (Å²) in [4.78, 5) is 11.7. The van der Waals surface area contributed by atoms with Crippen LogP contribution in [0, 0.1) is 0 Å². The van der Waals surface area contributed by atoms with Gasteiger partial charge in [-0.25, -0.2) is 0 Å². The van der Waals surface area contributed by atoms with Crippen molar-refractivity contribution in [3.8, 4) is 5.75 Å². The number of hydrogen-bond acceptors (Lipinski definition) is 3. The van der Waals surface area contributed by atoms with Crippen molar-refractivity contribution in [2.75, 3.05) is 6.54 Å². The molecule has 114 valence electrons. The van der Waals surface area contributed by atoms with Gasteiger partial charge in [0.25, 0.3) is 0 Å². The second kappa shape index (κ2) is 6.76. The smallest absolute Gasteiger partial charge is 0.244 e. The van der Waals surface area contributed by atoms with Gasteiger partial charge in [0, 0.05) is 12.6 Å². The molecule has 0 spiro atoms. The van der Waals surface area contributed by atoms with Crippen LogP contribution in [0.25, 0.3) is 6.08 Å². The van der Waals surface area contributed by atoms with Gasteiger partial charge in [0.2, 0.25) is 5.91 Å². The Balaban J connectivity index is 1.81. The Morgan fingerprint density at radius 2 is 2.05 bits per heavy atom. The number of aliphatic hydroxyl groups is 1. The molecule has 21 heavy (non-hydrogen) atoms. The average molecular weight is 289 g/mol. The summed E-state index contributed by atoms with van der Waals surface area (Å²) >= 11 is 0. The van der Waals surface area contributed by atoms with Gasteiger partial charge in [-0.3, -0.25) is 4.79 Å². The highest BCUT2D eigenvalue weighted by atomic mass is 16.5. The van der Waals surface area contributed by atoms with Crippen molar-refractivity contribution in [2.45, 2.75) is 44.8 Å². The molecule has 1 aliphatic carbocycles. The Morgan fingerprint density at radius 1 is 1.38 bits per heavy atom. The fourth-order valence-corrected chi connectivity index (χ4v) is 2.17. The van der Waals surface area contributed by atoms with Crippen molar-refractivity contribution < 1.29 is 14.6 Å². The van der Waals surface area contributed by atoms with Gasteiger partial charge in [-0.15, -0.1) is 0 Å². The molecule has 0 heterocycles. The minimum atomic E-state index is -0.681. The fraction of sp³-hybridized carbons (Fsp3) is 0.471. The van der Waals surface area contributed by atoms with Crippen LogP contribution in [-0.4, -0.2) is 29.3 Å². The summed E-state index contributed by atoms with van der Waals surface area (Å²) < 4.78 is 5.56. The van der Waals surface area contributed by atoms with Crippen LogP contribution in [0.4, 0.5) is 0 Å². The molecule has 1 aromatic rings. The molecular formula is C17H23NO3. The van der Waals surface area contributed by atoms with Gasteiger partial charge in [0.1, 0.15) is 5.75 Å². The van der Waals surface area contributed by atoms with Crippen molar-refractivity contribution in [3.05, 3.63) is 35.9 Å². The highest BCUT2D eigenvalue weighted by Crippen LogP contribution is 2.30. The molecular weight excluding hydrogens is 266 g/mol. The third-order valence-electron chi connectivity index (χ3n) is 3.55. The molecule has 0 radical (unpaired) electrons. The van der Waals surface area contributed by atoms with E-state index < -0.39 is 5.60 Å². The van der Waals surface area contributed by atoms with E-state index in [1.807, 2.05) is 38.1 Å². The van der Waals surface area contributed by atoms with Gasteiger partial charge in [-0.2, -0.15) is 0 Å². The third kappa shape index (κ3) is 4.90. The molecule has 0 atom stereocenters. The first kappa shape index (κ1) is 15.6. The monoisotopic (exact) mass is 289 g/mol. The molecule has 1 aliphatic rings. The lowest BCUT2D eigenvalue weighted by Crippen LogP contribution is -2.47. The van der Waals surface area contributed by atoms with Crippen molar-refractivity contribution in [2.24, 2.45) is 0 Å². The molecule has 1 saturated carbocycles. The van der Waals surface area contributed by atoms with E-state index in [0.717, 1.165) is 30.6 Å². The Labute approximate surface area is 125 Å². The first-order valence-corrected chi connectivity index (χ1v) is 7.42. The maximum absolute atomic E-state index is 11.7. The second-order valence-electron chi connectivity index (χ2n) is 5.86. The number of benzene rings is 1. The van der Waals surface area contributed by atoms with Crippen LogP contribution in [0.15, 0.2) is 30.3 Å². The van der Waals surface area contributed by atoms with Gasteiger partial charge < -0.3 is 15.2 Å². The van der Waals surface area contributed by atoms with Crippen molar-refractivity contribution in [1.82, 2.24) is 5.32 Å². The largest absolute Gasteiger partial charge is 0.491 e. The number of hydrogen-bond donors (Lipinski definition) is 2. The van der Waals surface area contributed by atoms with Crippen molar-refractivity contribution in [3.63, 3.8) is 0 Å². The Kier molecular flexibility index (Phi) is 5.02. The minimum Gasteiger partial charge on any atom is -0.491 e. The quantitative estimate of drug-likeness (QED) is 0.791. The summed E-state index contributed by atoms with van der Waals surface area (Å²) in [5.41, 5.74) is 0.253. The first-order valence-electron chi connectivity index (χ1n) is 7.42. The third-order valence-corrected chi connectivity index (χ3v) is 3.55. The normalized spacial score (nSPS) is 16.8. The summed E-state index contributed by atoms with van der Waals surface area (Å²) in [6.45, 7) is 4.29. The van der Waals surface area contributed by atoms with Crippen LogP contribution >= 0.6 is 0 Å². The molecule has 0 aliphatic heterocycles. The van der Waals surface area contributed by atoms with Crippen LogP contribution in [0.5, 0.6) is 5.75 Å². The van der Waals surface area contributed by atoms with Crippen LogP contribution in [0.3, 0.4) is 0 Å². The highest BCUT2D eigenvalue weighted by Gasteiger charge is 2.34. The molecule has 4 heteroatoms. The molecule has 2 rings (SSSR count). The van der Waals surface area contributed by atoms with E-state index in [1.54, 1.807) is 6.08 Å². The number of carbonyl (C=O) groups excluding carboxylic acids is 1. The van der Waals surface area contributed by atoms with Gasteiger partial charge in [0.05, 0.1) is 11.7 Å². The second-order valence-corrected chi connectivity index (χ2v) is 5.86. The Morgan fingerprint density at radius 3 is 2.57 bits per heavy atom. The first-order chi connectivity index (χ1) is 9.97. The summed E-state index contributed by atoms with van der Waals surface area (Å²) in [5, 5.41) is 12.6. The van der Waals surface area contributed by atoms with E-state index in [-0.39, 0.29) is 12.0 Å². The van der Waals surface area contributed by atoms with Crippen LogP contribution in [0.2, 0.25) is 0 Å². The van der Waals surface area contributed by atoms with Gasteiger partial charge in [-0.1, -0.05) is 12.1 Å². The lowest BCUT2D eigenvalue weighted by Gasteiger charge is -2.36. The Bertz CT molecular complexity index is 501. The molecule has 4 nitrogen and oxygen atoms in total. The summed E-state index contributed by atoms with van der Waals surface area (Å²) in [5.74, 6) is 0.636. The molecule has 0 saturated heterocycles. The summed E-state index contributed by atoms with van der Waals surface area (Å²) in [6.07, 6.45) is 5.96. The van der Waals surface area contributed by atoms with Gasteiger partial charge >= 0.3 is 0 Å². The standard InChI is InChI=1S/C17H23NO3/c1-13(2)21-15-7-4-14(5-8-15)6-9-16(19)18-12-17(20)10-3-11-17/h4-9,13,20H,3,10-12H2,1-2H3,(H,18,19). The maximum Gasteiger partial charge on any atom is 0.244 e. The molecule has 1 amide bonds. The fourth-order valence-electron chi connectivity index (χ4n) is 2.17. The SMILES string of the molecule is CC(C)Oc1ccc(C=CC(=O)NCC2(O)CCC2)cc1. The van der Waals surface area contributed by atoms with E-state index in [2.05, 4.69) is 5.32 Å². The summed E-state index contributed by atoms with van der Waals surface area (Å²) in [7, 11) is 0. The summed E-state index contributed by atoms with van der Waals surface area (Å²) in [6, 6.07) is 7.57. The van der Waals surface area contributed by atoms with E-state index in [9.17, 15) is 9.90 Å². The molecule has 0 unspecified atom stereocenters. The van der Waals surface area contributed by atoms with Gasteiger partial charge in [-0.05, 0) is 56.9 Å². The van der Waals surface area contributed by atoms with E-state index in [4.69, 9.17) is 4.74 Å². The lowest BCUT2D eigenvalue weighted by atomic mass is 9.80. The van der Waals surface area contributed by atoms with Crippen LogP contribution < -0.4 is 10.1 Å². The highest BCUT2D eigenvalue weighted by molar-refractivity contribution is 5.91. The maximum atomic E-state index is 11.7. The Hall–Kier alpha value is -1.81. The van der Waals surface area contributed by atoms with Gasteiger partial charge in [0.15, 0.2) is 0 Å². The molecule has 0 aromatic heterocycles. The zero-order valence-electron chi connectivity index (χ0n) is 12.6. The van der Waals surface area contributed by atoms with Crippen LogP contribution in [-0.2, 0) is 4.79 Å². The number of carbonyl (C=O) groups is 1. The molecule has 1 aromatic carbocycles. The molecule has 2 N–H and O–H groups in total. The zero-order valence-corrected chi connectivity index (χ0v) is 12.6. The number of rotatable bonds is 6.